The molecule has 1 aliphatic rings. The zero-order valence-electron chi connectivity index (χ0n) is 11.0. The number of rotatable bonds is 2. The number of hydrogen-bond donors (Lipinski definition) is 1. The van der Waals surface area contributed by atoms with Gasteiger partial charge in [0.05, 0.1) is 14.6 Å². The van der Waals surface area contributed by atoms with Crippen LogP contribution >= 0.6 is 27.3 Å². The van der Waals surface area contributed by atoms with Crippen LogP contribution in [0.15, 0.2) is 44.7 Å². The van der Waals surface area contributed by atoms with Crippen molar-refractivity contribution in [3.63, 3.8) is 0 Å². The molecule has 1 atom stereocenters. The number of aromatic nitrogens is 2. The highest BCUT2D eigenvalue weighted by Crippen LogP contribution is 2.37. The lowest BCUT2D eigenvalue weighted by molar-refractivity contribution is 0.361. The van der Waals surface area contributed by atoms with E-state index in [4.69, 9.17) is 4.52 Å². The molecule has 1 N–H and O–H groups in total. The summed E-state index contributed by atoms with van der Waals surface area (Å²) in [5.41, 5.74) is 2.39. The average molecular weight is 362 g/mol. The van der Waals surface area contributed by atoms with E-state index >= 15 is 0 Å². The van der Waals surface area contributed by atoms with E-state index in [2.05, 4.69) is 43.5 Å². The van der Waals surface area contributed by atoms with E-state index in [1.165, 1.54) is 5.56 Å². The Morgan fingerprint density at radius 2 is 2.14 bits per heavy atom. The van der Waals surface area contributed by atoms with Crippen LogP contribution in [0.3, 0.4) is 0 Å². The summed E-state index contributed by atoms with van der Waals surface area (Å²) in [6, 6.07) is 12.3. The predicted octanol–water partition coefficient (Wildman–Crippen LogP) is 4.51. The predicted molar refractivity (Wildman–Crippen MR) is 86.7 cm³/mol. The molecule has 0 bridgehead atoms. The number of fused-ring (bicyclic) bond motifs is 1. The standard InChI is InChI=1S/C15H12BrN3OS/c16-13-6-5-12(21-13)14-18-15(20-19-14)10-7-8-17-11-4-2-1-3-9(10)11/h1-6,10,17H,7-8H2. The van der Waals surface area contributed by atoms with Crippen molar-refractivity contribution < 1.29 is 4.52 Å². The van der Waals surface area contributed by atoms with Gasteiger partial charge in [-0.15, -0.1) is 11.3 Å². The Labute approximate surface area is 134 Å². The van der Waals surface area contributed by atoms with Gasteiger partial charge in [-0.1, -0.05) is 23.4 Å². The molecule has 4 rings (SSSR count). The number of halogens is 1. The Hall–Kier alpha value is -1.66. The third kappa shape index (κ3) is 2.38. The maximum absolute atomic E-state index is 5.53. The minimum absolute atomic E-state index is 0.173. The molecule has 3 heterocycles. The first-order valence-electron chi connectivity index (χ1n) is 6.73. The lowest BCUT2D eigenvalue weighted by Gasteiger charge is -2.23. The summed E-state index contributed by atoms with van der Waals surface area (Å²) in [5.74, 6) is 1.53. The Morgan fingerprint density at radius 1 is 1.24 bits per heavy atom. The fraction of sp³-hybridized carbons (Fsp3) is 0.200. The Balaban J connectivity index is 1.71. The molecule has 0 spiro atoms. The van der Waals surface area contributed by atoms with Crippen molar-refractivity contribution in [3.8, 4) is 10.7 Å². The van der Waals surface area contributed by atoms with Gasteiger partial charge in [-0.05, 0) is 46.1 Å². The minimum atomic E-state index is 0.173. The molecule has 6 heteroatoms. The van der Waals surface area contributed by atoms with Gasteiger partial charge in [0.25, 0.3) is 0 Å². The number of anilines is 1. The third-order valence-electron chi connectivity index (χ3n) is 3.62. The molecule has 1 aliphatic heterocycles. The zero-order chi connectivity index (χ0) is 14.2. The van der Waals surface area contributed by atoms with Gasteiger partial charge >= 0.3 is 0 Å². The second-order valence-electron chi connectivity index (χ2n) is 4.92. The van der Waals surface area contributed by atoms with Gasteiger partial charge in [0.1, 0.15) is 0 Å². The summed E-state index contributed by atoms with van der Waals surface area (Å²) in [4.78, 5) is 5.61. The maximum Gasteiger partial charge on any atom is 0.234 e. The molecule has 3 aromatic rings. The number of nitrogens with one attached hydrogen (secondary N) is 1. The summed E-state index contributed by atoms with van der Waals surface area (Å²) >= 11 is 5.06. The van der Waals surface area contributed by atoms with Crippen LogP contribution < -0.4 is 5.32 Å². The van der Waals surface area contributed by atoms with Crippen molar-refractivity contribution in [2.45, 2.75) is 12.3 Å². The highest BCUT2D eigenvalue weighted by Gasteiger charge is 2.26. The van der Waals surface area contributed by atoms with Gasteiger partial charge < -0.3 is 9.84 Å². The van der Waals surface area contributed by atoms with Crippen molar-refractivity contribution in [2.24, 2.45) is 0 Å². The second-order valence-corrected chi connectivity index (χ2v) is 7.38. The third-order valence-corrected chi connectivity index (χ3v) is 5.24. The highest BCUT2D eigenvalue weighted by molar-refractivity contribution is 9.11. The largest absolute Gasteiger partial charge is 0.385 e. The molecule has 21 heavy (non-hydrogen) atoms. The number of benzene rings is 1. The molecule has 0 fully saturated rings. The van der Waals surface area contributed by atoms with Crippen molar-refractivity contribution in [3.05, 3.63) is 51.6 Å². The van der Waals surface area contributed by atoms with Crippen molar-refractivity contribution in [1.82, 2.24) is 10.1 Å². The summed E-state index contributed by atoms with van der Waals surface area (Å²) in [6.07, 6.45) is 0.965. The van der Waals surface area contributed by atoms with Crippen LogP contribution in [0.1, 0.15) is 23.8 Å². The molecular formula is C15H12BrN3OS. The summed E-state index contributed by atoms with van der Waals surface area (Å²) in [7, 11) is 0. The van der Waals surface area contributed by atoms with Gasteiger partial charge in [-0.2, -0.15) is 4.98 Å². The molecule has 0 amide bonds. The van der Waals surface area contributed by atoms with Crippen LogP contribution in [0.5, 0.6) is 0 Å². The number of hydrogen-bond acceptors (Lipinski definition) is 5. The van der Waals surface area contributed by atoms with E-state index in [1.54, 1.807) is 11.3 Å². The number of thiophene rings is 1. The average Bonchev–Trinajstić information content (AvgIpc) is 3.15. The molecule has 0 saturated carbocycles. The van der Waals surface area contributed by atoms with Gasteiger partial charge in [0, 0.05) is 12.2 Å². The molecule has 0 aliphatic carbocycles. The van der Waals surface area contributed by atoms with E-state index in [0.717, 1.165) is 27.3 Å². The second kappa shape index (κ2) is 5.27. The molecular weight excluding hydrogens is 350 g/mol. The zero-order valence-corrected chi connectivity index (χ0v) is 13.4. The lowest BCUT2D eigenvalue weighted by Crippen LogP contribution is -2.17. The van der Waals surface area contributed by atoms with E-state index in [0.29, 0.717) is 11.7 Å². The molecule has 4 nitrogen and oxygen atoms in total. The van der Waals surface area contributed by atoms with E-state index in [-0.39, 0.29) is 5.92 Å². The van der Waals surface area contributed by atoms with Crippen LogP contribution in [0.4, 0.5) is 5.69 Å². The monoisotopic (exact) mass is 361 g/mol. The van der Waals surface area contributed by atoms with Crippen LogP contribution in [0.25, 0.3) is 10.7 Å². The quantitative estimate of drug-likeness (QED) is 0.729. The molecule has 106 valence electrons. The van der Waals surface area contributed by atoms with Crippen LogP contribution in [-0.2, 0) is 0 Å². The van der Waals surface area contributed by atoms with E-state index < -0.39 is 0 Å². The first-order valence-corrected chi connectivity index (χ1v) is 8.34. The Bertz CT molecular complexity index is 783. The Kier molecular flexibility index (Phi) is 3.27. The van der Waals surface area contributed by atoms with Gasteiger partial charge in [-0.25, -0.2) is 0 Å². The van der Waals surface area contributed by atoms with Gasteiger partial charge in [-0.3, -0.25) is 0 Å². The highest BCUT2D eigenvalue weighted by atomic mass is 79.9. The van der Waals surface area contributed by atoms with E-state index in [1.807, 2.05) is 24.3 Å². The first-order chi connectivity index (χ1) is 10.3. The summed E-state index contributed by atoms with van der Waals surface area (Å²) < 4.78 is 6.59. The van der Waals surface area contributed by atoms with Crippen molar-refractivity contribution in [2.75, 3.05) is 11.9 Å². The first kappa shape index (κ1) is 13.0. The van der Waals surface area contributed by atoms with Crippen LogP contribution in [-0.4, -0.2) is 16.7 Å². The minimum Gasteiger partial charge on any atom is -0.385 e. The topological polar surface area (TPSA) is 51.0 Å². The number of para-hydroxylation sites is 1. The van der Waals surface area contributed by atoms with Crippen molar-refractivity contribution >= 4 is 33.0 Å². The fourth-order valence-electron chi connectivity index (χ4n) is 2.64. The smallest absolute Gasteiger partial charge is 0.234 e. The molecule has 0 saturated heterocycles. The normalized spacial score (nSPS) is 17.3. The van der Waals surface area contributed by atoms with Crippen LogP contribution in [0.2, 0.25) is 0 Å². The SMILES string of the molecule is Brc1ccc(-c2noc(C3CCNc4ccccc43)n2)s1. The maximum atomic E-state index is 5.53. The summed E-state index contributed by atoms with van der Waals surface area (Å²) in [5, 5.41) is 7.54. The molecule has 2 aromatic heterocycles. The van der Waals surface area contributed by atoms with Gasteiger partial charge in [0.15, 0.2) is 0 Å². The van der Waals surface area contributed by atoms with E-state index in [9.17, 15) is 0 Å². The fourth-order valence-corrected chi connectivity index (χ4v) is 3.95. The molecule has 0 radical (unpaired) electrons. The lowest BCUT2D eigenvalue weighted by atomic mass is 9.91. The van der Waals surface area contributed by atoms with Gasteiger partial charge in [0.2, 0.25) is 11.7 Å². The summed E-state index contributed by atoms with van der Waals surface area (Å²) in [6.45, 7) is 0.921. The van der Waals surface area contributed by atoms with Crippen molar-refractivity contribution in [1.29, 1.82) is 0 Å². The van der Waals surface area contributed by atoms with Crippen LogP contribution in [0, 0.1) is 0 Å². The molecule has 1 aromatic carbocycles. The Morgan fingerprint density at radius 3 is 3.00 bits per heavy atom. The number of nitrogens with zero attached hydrogens (tertiary/aromatic N) is 2. The molecule has 1 unspecified atom stereocenters.